The van der Waals surface area contributed by atoms with Crippen molar-refractivity contribution in [2.75, 3.05) is 5.23 Å². The van der Waals surface area contributed by atoms with E-state index in [4.69, 9.17) is 16.8 Å². The summed E-state index contributed by atoms with van der Waals surface area (Å²) in [4.78, 5) is 0. The van der Waals surface area contributed by atoms with Crippen LogP contribution in [-0.2, 0) is 0 Å². The number of benzene rings is 2. The number of aliphatic hydroxyl groups excluding tert-OH is 1. The first-order valence-corrected chi connectivity index (χ1v) is 6.58. The summed E-state index contributed by atoms with van der Waals surface area (Å²) in [6.45, 7) is 0. The van der Waals surface area contributed by atoms with Crippen LogP contribution < -0.4 is 5.23 Å². The molecular formula is C17H17NO3. The molecule has 4 heteroatoms. The van der Waals surface area contributed by atoms with Crippen molar-refractivity contribution in [2.45, 2.75) is 18.4 Å². The van der Waals surface area contributed by atoms with Gasteiger partial charge in [-0.15, -0.1) is 17.6 Å². The molecule has 0 spiro atoms. The van der Waals surface area contributed by atoms with E-state index in [2.05, 4.69) is 5.92 Å². The molecule has 3 N–H and O–H groups in total. The summed E-state index contributed by atoms with van der Waals surface area (Å²) in [6, 6.07) is 16.2. The molecule has 0 amide bonds. The summed E-state index contributed by atoms with van der Waals surface area (Å²) in [5.74, 6) is 2.22. The predicted octanol–water partition coefficient (Wildman–Crippen LogP) is 2.79. The molecular weight excluding hydrogens is 266 g/mol. The van der Waals surface area contributed by atoms with Crippen molar-refractivity contribution in [3.63, 3.8) is 0 Å². The Labute approximate surface area is 123 Å². The van der Waals surface area contributed by atoms with Gasteiger partial charge in [-0.2, -0.15) is 0 Å². The van der Waals surface area contributed by atoms with Crippen molar-refractivity contribution in [3.05, 3.63) is 65.7 Å². The van der Waals surface area contributed by atoms with Crippen molar-refractivity contribution >= 4 is 5.69 Å². The first-order chi connectivity index (χ1) is 10.1. The summed E-state index contributed by atoms with van der Waals surface area (Å²) in [5, 5.41) is 28.4. The van der Waals surface area contributed by atoms with E-state index in [-0.39, 0.29) is 23.3 Å². The third-order valence-corrected chi connectivity index (χ3v) is 3.35. The topological polar surface area (TPSA) is 63.9 Å². The Hall–Kier alpha value is -2.32. The highest BCUT2D eigenvalue weighted by molar-refractivity contribution is 5.45. The second-order valence-electron chi connectivity index (χ2n) is 4.74. The monoisotopic (exact) mass is 283 g/mol. The van der Waals surface area contributed by atoms with Gasteiger partial charge in [0, 0.05) is 12.3 Å². The van der Waals surface area contributed by atoms with E-state index >= 15 is 0 Å². The lowest BCUT2D eigenvalue weighted by atomic mass is 9.85. The van der Waals surface area contributed by atoms with Crippen LogP contribution in [0.3, 0.4) is 0 Å². The maximum atomic E-state index is 10.3. The van der Waals surface area contributed by atoms with Crippen LogP contribution in [0.25, 0.3) is 0 Å². The maximum Gasteiger partial charge on any atom is 0.0942 e. The molecule has 2 aromatic carbocycles. The van der Waals surface area contributed by atoms with Crippen molar-refractivity contribution in [1.82, 2.24) is 0 Å². The lowest BCUT2D eigenvalue weighted by Gasteiger charge is -2.23. The molecule has 21 heavy (non-hydrogen) atoms. The van der Waals surface area contributed by atoms with Gasteiger partial charge in [-0.05, 0) is 23.3 Å². The summed E-state index contributed by atoms with van der Waals surface area (Å²) < 4.78 is 0. The fraction of sp³-hybridized carbons (Fsp3) is 0.176. The molecule has 0 fully saturated rings. The standard InChI is InChI=1S/C17H17NO3/c1-2-6-16(19)17(13-7-4-3-5-8-13)14-9-11-15(12-10-14)18(20)21/h1,3-5,7-12,16-17,19-21H,6H2. The van der Waals surface area contributed by atoms with Gasteiger partial charge in [0.25, 0.3) is 0 Å². The molecule has 0 aromatic heterocycles. The van der Waals surface area contributed by atoms with Gasteiger partial charge in [0.1, 0.15) is 0 Å². The predicted molar refractivity (Wildman–Crippen MR) is 80.2 cm³/mol. The Kier molecular flexibility index (Phi) is 4.96. The van der Waals surface area contributed by atoms with Crippen LogP contribution in [0.1, 0.15) is 23.5 Å². The Morgan fingerprint density at radius 2 is 1.52 bits per heavy atom. The van der Waals surface area contributed by atoms with Crippen LogP contribution in [0.5, 0.6) is 0 Å². The molecule has 2 atom stereocenters. The van der Waals surface area contributed by atoms with Crippen LogP contribution >= 0.6 is 0 Å². The molecule has 0 heterocycles. The van der Waals surface area contributed by atoms with Gasteiger partial charge in [0.2, 0.25) is 0 Å². The molecule has 0 saturated carbocycles. The highest BCUT2D eigenvalue weighted by Crippen LogP contribution is 2.30. The zero-order valence-corrected chi connectivity index (χ0v) is 11.4. The first-order valence-electron chi connectivity index (χ1n) is 6.58. The van der Waals surface area contributed by atoms with E-state index < -0.39 is 6.10 Å². The zero-order chi connectivity index (χ0) is 15.2. The first kappa shape index (κ1) is 15.1. The molecule has 0 aliphatic heterocycles. The van der Waals surface area contributed by atoms with Crippen molar-refractivity contribution < 1.29 is 15.5 Å². The van der Waals surface area contributed by atoms with Crippen LogP contribution in [0.15, 0.2) is 54.6 Å². The SMILES string of the molecule is C#CCC(O)C(c1ccccc1)c1ccc(N(O)O)cc1. The quantitative estimate of drug-likeness (QED) is 0.583. The number of anilines is 1. The summed E-state index contributed by atoms with van der Waals surface area (Å²) in [7, 11) is 0. The molecule has 0 radical (unpaired) electrons. The minimum Gasteiger partial charge on any atom is -0.391 e. The van der Waals surface area contributed by atoms with Crippen LogP contribution in [0.2, 0.25) is 0 Å². The molecule has 2 unspecified atom stereocenters. The van der Waals surface area contributed by atoms with Gasteiger partial charge in [-0.25, -0.2) is 0 Å². The van der Waals surface area contributed by atoms with E-state index in [9.17, 15) is 5.11 Å². The third-order valence-electron chi connectivity index (χ3n) is 3.35. The lowest BCUT2D eigenvalue weighted by molar-refractivity contribution is 0.0291. The van der Waals surface area contributed by atoms with Crippen LogP contribution in [-0.4, -0.2) is 21.6 Å². The lowest BCUT2D eigenvalue weighted by Crippen LogP contribution is -2.19. The fourth-order valence-electron chi connectivity index (χ4n) is 2.35. The van der Waals surface area contributed by atoms with E-state index in [0.717, 1.165) is 11.1 Å². The number of nitrogens with zero attached hydrogens (tertiary/aromatic N) is 1. The minimum atomic E-state index is -0.706. The third kappa shape index (κ3) is 3.61. The summed E-state index contributed by atoms with van der Waals surface area (Å²) in [6.07, 6.45) is 4.84. The van der Waals surface area contributed by atoms with Crippen molar-refractivity contribution in [3.8, 4) is 12.3 Å². The van der Waals surface area contributed by atoms with Gasteiger partial charge in [-0.1, -0.05) is 42.5 Å². The molecule has 108 valence electrons. The van der Waals surface area contributed by atoms with E-state index in [1.165, 1.54) is 0 Å². The Morgan fingerprint density at radius 1 is 0.952 bits per heavy atom. The van der Waals surface area contributed by atoms with Crippen molar-refractivity contribution in [2.24, 2.45) is 0 Å². The summed E-state index contributed by atoms with van der Waals surface area (Å²) >= 11 is 0. The number of hydrogen-bond donors (Lipinski definition) is 3. The number of rotatable bonds is 5. The number of hydrogen-bond acceptors (Lipinski definition) is 4. The van der Waals surface area contributed by atoms with Gasteiger partial charge in [0.15, 0.2) is 0 Å². The molecule has 4 nitrogen and oxygen atoms in total. The molecule has 0 aliphatic rings. The second kappa shape index (κ2) is 6.91. The average Bonchev–Trinajstić information content (AvgIpc) is 2.49. The minimum absolute atomic E-state index is 0.0547. The molecule has 0 saturated heterocycles. The normalized spacial score (nSPS) is 13.2. The smallest absolute Gasteiger partial charge is 0.0942 e. The second-order valence-corrected chi connectivity index (χ2v) is 4.74. The highest BCUT2D eigenvalue weighted by atomic mass is 16.8. The van der Waals surface area contributed by atoms with Gasteiger partial charge >= 0.3 is 0 Å². The molecule has 2 rings (SSSR count). The number of aliphatic hydroxyl groups is 1. The zero-order valence-electron chi connectivity index (χ0n) is 11.4. The van der Waals surface area contributed by atoms with Gasteiger partial charge in [-0.3, -0.25) is 10.4 Å². The van der Waals surface area contributed by atoms with Crippen molar-refractivity contribution in [1.29, 1.82) is 0 Å². The van der Waals surface area contributed by atoms with Crippen LogP contribution in [0, 0.1) is 12.3 Å². The Bertz CT molecular complexity index is 602. The molecule has 2 aromatic rings. The fourth-order valence-corrected chi connectivity index (χ4v) is 2.35. The molecule has 0 aliphatic carbocycles. The summed E-state index contributed by atoms with van der Waals surface area (Å²) in [5.41, 5.74) is 2.06. The maximum absolute atomic E-state index is 10.3. The Morgan fingerprint density at radius 3 is 2.05 bits per heavy atom. The van der Waals surface area contributed by atoms with Gasteiger partial charge < -0.3 is 5.11 Å². The van der Waals surface area contributed by atoms with E-state index in [1.54, 1.807) is 24.3 Å². The number of terminal acetylenes is 1. The average molecular weight is 283 g/mol. The van der Waals surface area contributed by atoms with Gasteiger partial charge in [0.05, 0.1) is 11.8 Å². The van der Waals surface area contributed by atoms with E-state index in [0.29, 0.717) is 0 Å². The highest BCUT2D eigenvalue weighted by Gasteiger charge is 2.22. The largest absolute Gasteiger partial charge is 0.391 e. The Balaban J connectivity index is 2.38. The molecule has 0 bridgehead atoms. The van der Waals surface area contributed by atoms with E-state index in [1.807, 2.05) is 30.3 Å². The van der Waals surface area contributed by atoms with Crippen LogP contribution in [0.4, 0.5) is 5.69 Å².